The Bertz CT molecular complexity index is 753. The summed E-state index contributed by atoms with van der Waals surface area (Å²) in [5, 5.41) is 5.70. The van der Waals surface area contributed by atoms with Gasteiger partial charge in [-0.15, -0.1) is 0 Å². The Hall–Kier alpha value is -1.82. The van der Waals surface area contributed by atoms with E-state index < -0.39 is 0 Å². The van der Waals surface area contributed by atoms with Crippen molar-refractivity contribution in [3.63, 3.8) is 0 Å². The Labute approximate surface area is 133 Å². The SMILES string of the molecule is CC(=O)SCC1CC(=O)N(c2ccc3c(C)n(C)nc3c2)C1. The second kappa shape index (κ2) is 5.76. The first kappa shape index (κ1) is 15.1. The van der Waals surface area contributed by atoms with Gasteiger partial charge in [-0.3, -0.25) is 14.3 Å². The van der Waals surface area contributed by atoms with Crippen LogP contribution in [0.3, 0.4) is 0 Å². The van der Waals surface area contributed by atoms with Gasteiger partial charge in [0.25, 0.3) is 0 Å². The third-order valence-electron chi connectivity index (χ3n) is 4.15. The van der Waals surface area contributed by atoms with E-state index in [9.17, 15) is 9.59 Å². The van der Waals surface area contributed by atoms with Gasteiger partial charge >= 0.3 is 0 Å². The lowest BCUT2D eigenvalue weighted by atomic mass is 10.1. The quantitative estimate of drug-likeness (QED) is 0.873. The molecule has 1 saturated heterocycles. The molecule has 0 spiro atoms. The third kappa shape index (κ3) is 2.75. The maximum atomic E-state index is 12.2. The third-order valence-corrected chi connectivity index (χ3v) is 5.20. The van der Waals surface area contributed by atoms with Gasteiger partial charge in [0, 0.05) is 49.5 Å². The first-order valence-electron chi connectivity index (χ1n) is 7.33. The zero-order valence-electron chi connectivity index (χ0n) is 13.0. The molecule has 0 aliphatic carbocycles. The molecule has 1 unspecified atom stereocenters. The van der Waals surface area contributed by atoms with Crippen LogP contribution in [0, 0.1) is 12.8 Å². The van der Waals surface area contributed by atoms with E-state index in [2.05, 4.69) is 5.10 Å². The van der Waals surface area contributed by atoms with Crippen LogP contribution >= 0.6 is 11.8 Å². The minimum absolute atomic E-state index is 0.108. The molecule has 6 heteroatoms. The van der Waals surface area contributed by atoms with Crippen molar-refractivity contribution in [2.75, 3.05) is 17.2 Å². The van der Waals surface area contributed by atoms with Crippen LogP contribution < -0.4 is 4.90 Å². The summed E-state index contributed by atoms with van der Waals surface area (Å²) in [5.74, 6) is 1.08. The van der Waals surface area contributed by atoms with Gasteiger partial charge in [-0.1, -0.05) is 11.8 Å². The number of rotatable bonds is 3. The van der Waals surface area contributed by atoms with E-state index in [1.54, 1.807) is 6.92 Å². The number of amides is 1. The maximum absolute atomic E-state index is 12.2. The summed E-state index contributed by atoms with van der Waals surface area (Å²) >= 11 is 1.30. The number of thioether (sulfide) groups is 1. The van der Waals surface area contributed by atoms with Crippen molar-refractivity contribution in [1.82, 2.24) is 9.78 Å². The molecule has 2 aromatic rings. The van der Waals surface area contributed by atoms with Crippen LogP contribution in [0.15, 0.2) is 18.2 Å². The molecule has 1 atom stereocenters. The van der Waals surface area contributed by atoms with Gasteiger partial charge in [-0.25, -0.2) is 0 Å². The second-order valence-corrected chi connectivity index (χ2v) is 6.98. The van der Waals surface area contributed by atoms with Gasteiger partial charge in [0.15, 0.2) is 5.12 Å². The van der Waals surface area contributed by atoms with E-state index in [0.717, 1.165) is 22.3 Å². The van der Waals surface area contributed by atoms with Crippen LogP contribution in [0.5, 0.6) is 0 Å². The summed E-state index contributed by atoms with van der Waals surface area (Å²) in [6, 6.07) is 5.98. The predicted molar refractivity (Wildman–Crippen MR) is 89.1 cm³/mol. The van der Waals surface area contributed by atoms with Gasteiger partial charge in [0.1, 0.15) is 0 Å². The highest BCUT2D eigenvalue weighted by atomic mass is 32.2. The Morgan fingerprint density at radius 1 is 1.45 bits per heavy atom. The van der Waals surface area contributed by atoms with Crippen molar-refractivity contribution in [3.8, 4) is 0 Å². The van der Waals surface area contributed by atoms with Gasteiger partial charge in [-0.05, 0) is 31.0 Å². The van der Waals surface area contributed by atoms with E-state index in [1.165, 1.54) is 11.8 Å². The maximum Gasteiger partial charge on any atom is 0.227 e. The zero-order chi connectivity index (χ0) is 15.9. The molecule has 1 fully saturated rings. The summed E-state index contributed by atoms with van der Waals surface area (Å²) in [6.45, 7) is 4.28. The van der Waals surface area contributed by atoms with Crippen LogP contribution in [0.1, 0.15) is 19.0 Å². The average molecular weight is 317 g/mol. The van der Waals surface area contributed by atoms with Gasteiger partial charge in [0.2, 0.25) is 5.91 Å². The van der Waals surface area contributed by atoms with Crippen LogP contribution in [-0.2, 0) is 16.6 Å². The number of aromatic nitrogens is 2. The Morgan fingerprint density at radius 3 is 2.95 bits per heavy atom. The minimum Gasteiger partial charge on any atom is -0.312 e. The van der Waals surface area contributed by atoms with Crippen LogP contribution in [0.2, 0.25) is 0 Å². The van der Waals surface area contributed by atoms with Gasteiger partial charge < -0.3 is 4.90 Å². The first-order valence-corrected chi connectivity index (χ1v) is 8.31. The fraction of sp³-hybridized carbons (Fsp3) is 0.438. The predicted octanol–water partition coefficient (Wildman–Crippen LogP) is 2.51. The van der Waals surface area contributed by atoms with Crippen molar-refractivity contribution in [1.29, 1.82) is 0 Å². The Morgan fingerprint density at radius 2 is 2.23 bits per heavy atom. The lowest BCUT2D eigenvalue weighted by Crippen LogP contribution is -2.24. The van der Waals surface area contributed by atoms with Crippen LogP contribution in [-0.4, -0.2) is 33.1 Å². The van der Waals surface area contributed by atoms with Crippen molar-refractivity contribution in [2.24, 2.45) is 13.0 Å². The summed E-state index contributed by atoms with van der Waals surface area (Å²) in [6.07, 6.45) is 0.513. The molecule has 116 valence electrons. The van der Waals surface area contributed by atoms with E-state index in [4.69, 9.17) is 0 Å². The number of carbonyl (C=O) groups is 2. The molecule has 1 amide bonds. The Balaban J connectivity index is 1.82. The van der Waals surface area contributed by atoms with E-state index in [0.29, 0.717) is 18.7 Å². The number of nitrogens with zero attached hydrogens (tertiary/aromatic N) is 3. The van der Waals surface area contributed by atoms with Crippen LogP contribution in [0.4, 0.5) is 5.69 Å². The highest BCUT2D eigenvalue weighted by molar-refractivity contribution is 8.13. The topological polar surface area (TPSA) is 55.2 Å². The zero-order valence-corrected chi connectivity index (χ0v) is 13.8. The first-order chi connectivity index (χ1) is 10.5. The van der Waals surface area contributed by atoms with Crippen molar-refractivity contribution in [3.05, 3.63) is 23.9 Å². The second-order valence-electron chi connectivity index (χ2n) is 5.79. The fourth-order valence-electron chi connectivity index (χ4n) is 2.87. The van der Waals surface area contributed by atoms with E-state index in [-0.39, 0.29) is 16.9 Å². The molecule has 1 aromatic heterocycles. The fourth-order valence-corrected chi connectivity index (χ4v) is 3.56. The lowest BCUT2D eigenvalue weighted by Gasteiger charge is -2.16. The number of hydrogen-bond acceptors (Lipinski definition) is 4. The number of anilines is 1. The molecule has 0 saturated carbocycles. The number of benzene rings is 1. The van der Waals surface area contributed by atoms with Gasteiger partial charge in [-0.2, -0.15) is 5.10 Å². The van der Waals surface area contributed by atoms with Gasteiger partial charge in [0.05, 0.1) is 5.52 Å². The molecule has 1 aromatic carbocycles. The summed E-state index contributed by atoms with van der Waals surface area (Å²) in [7, 11) is 1.92. The van der Waals surface area contributed by atoms with E-state index in [1.807, 2.05) is 41.8 Å². The van der Waals surface area contributed by atoms with E-state index >= 15 is 0 Å². The summed E-state index contributed by atoms with van der Waals surface area (Å²) in [5.41, 5.74) is 2.92. The average Bonchev–Trinajstić information content (AvgIpc) is 2.97. The molecule has 1 aliphatic rings. The molecule has 3 rings (SSSR count). The highest BCUT2D eigenvalue weighted by Gasteiger charge is 2.31. The largest absolute Gasteiger partial charge is 0.312 e. The summed E-state index contributed by atoms with van der Waals surface area (Å²) in [4.78, 5) is 25.1. The molecular weight excluding hydrogens is 298 g/mol. The highest BCUT2D eigenvalue weighted by Crippen LogP contribution is 2.30. The monoisotopic (exact) mass is 317 g/mol. The number of fused-ring (bicyclic) bond motifs is 1. The molecular formula is C16H19N3O2S. The molecule has 22 heavy (non-hydrogen) atoms. The van der Waals surface area contributed by atoms with Crippen molar-refractivity contribution < 1.29 is 9.59 Å². The number of hydrogen-bond donors (Lipinski definition) is 0. The normalized spacial score (nSPS) is 18.4. The van der Waals surface area contributed by atoms with Crippen LogP contribution in [0.25, 0.3) is 10.9 Å². The molecule has 1 aliphatic heterocycles. The smallest absolute Gasteiger partial charge is 0.227 e. The minimum atomic E-state index is 0.108. The molecule has 0 radical (unpaired) electrons. The molecule has 2 heterocycles. The molecule has 0 bridgehead atoms. The number of aryl methyl sites for hydroxylation is 2. The summed E-state index contributed by atoms with van der Waals surface area (Å²) < 4.78 is 1.85. The van der Waals surface area contributed by atoms with Crippen molar-refractivity contribution >= 4 is 39.4 Å². The number of carbonyl (C=O) groups excluding carboxylic acids is 2. The Kier molecular flexibility index (Phi) is 3.95. The molecule has 5 nitrogen and oxygen atoms in total. The molecule has 0 N–H and O–H groups in total. The lowest BCUT2D eigenvalue weighted by molar-refractivity contribution is -0.117. The van der Waals surface area contributed by atoms with Crippen molar-refractivity contribution in [2.45, 2.75) is 20.3 Å². The standard InChI is InChI=1S/C16H19N3O2S/c1-10-14-5-4-13(7-15(14)17-18(10)3)19-8-12(6-16(19)21)9-22-11(2)20/h4-5,7,12H,6,8-9H2,1-3H3.